The molecule has 2 unspecified atom stereocenters. The number of benzene rings is 1. The lowest BCUT2D eigenvalue weighted by Crippen LogP contribution is -2.40. The number of hydrogen-bond donors (Lipinski definition) is 1. The van der Waals surface area contributed by atoms with Crippen LogP contribution >= 0.6 is 0 Å². The Morgan fingerprint density at radius 1 is 0.920 bits per heavy atom. The van der Waals surface area contributed by atoms with Crippen LogP contribution in [0.5, 0.6) is 0 Å². The largest absolute Gasteiger partial charge is 0.393 e. The van der Waals surface area contributed by atoms with Crippen LogP contribution in [0.4, 0.5) is 0 Å². The highest BCUT2D eigenvalue weighted by atomic mass is 16.5. The number of aliphatic hydroxyl groups excluding tert-OH is 1. The van der Waals surface area contributed by atoms with Gasteiger partial charge in [0.1, 0.15) is 5.60 Å². The van der Waals surface area contributed by atoms with Crippen LogP contribution in [0.25, 0.3) is 0 Å². The molecule has 1 saturated heterocycles. The minimum Gasteiger partial charge on any atom is -0.393 e. The summed E-state index contributed by atoms with van der Waals surface area (Å²) < 4.78 is 6.79. The van der Waals surface area contributed by atoms with E-state index in [4.69, 9.17) is 4.74 Å². The third-order valence-electron chi connectivity index (χ3n) is 6.42. The first kappa shape index (κ1) is 18.9. The van der Waals surface area contributed by atoms with E-state index in [0.717, 1.165) is 12.8 Å². The number of rotatable bonds is 1. The maximum Gasteiger partial charge on any atom is 0.118 e. The van der Waals surface area contributed by atoms with Crippen molar-refractivity contribution < 1.29 is 9.84 Å². The van der Waals surface area contributed by atoms with E-state index < -0.39 is 5.60 Å². The van der Waals surface area contributed by atoms with Gasteiger partial charge in [-0.3, -0.25) is 0 Å². The molecule has 1 aromatic carbocycles. The lowest BCUT2D eigenvalue weighted by molar-refractivity contribution is -0.155. The SMILES string of the molecule is CC(C)(C)c1cc(C(C)(C)C)c2c(c1)C1(CO)CCC2(C(C)(C)C)O1. The molecular formula is C23H36O2. The molecule has 0 amide bonds. The van der Waals surface area contributed by atoms with Crippen LogP contribution in [0.3, 0.4) is 0 Å². The monoisotopic (exact) mass is 344 g/mol. The zero-order valence-corrected chi connectivity index (χ0v) is 17.6. The fourth-order valence-electron chi connectivity index (χ4n) is 4.74. The molecule has 0 saturated carbocycles. The summed E-state index contributed by atoms with van der Waals surface area (Å²) in [5.74, 6) is 0. The van der Waals surface area contributed by atoms with Crippen molar-refractivity contribution in [3.05, 3.63) is 34.4 Å². The van der Waals surface area contributed by atoms with Crippen LogP contribution in [0.1, 0.15) is 97.4 Å². The Bertz CT molecular complexity index is 697. The van der Waals surface area contributed by atoms with Crippen LogP contribution in [-0.2, 0) is 26.8 Å². The van der Waals surface area contributed by atoms with Crippen molar-refractivity contribution in [3.8, 4) is 0 Å². The Morgan fingerprint density at radius 3 is 1.96 bits per heavy atom. The molecule has 2 nitrogen and oxygen atoms in total. The molecule has 0 spiro atoms. The summed E-state index contributed by atoms with van der Waals surface area (Å²) in [7, 11) is 0. The van der Waals surface area contributed by atoms with Crippen molar-refractivity contribution in [3.63, 3.8) is 0 Å². The fourth-order valence-corrected chi connectivity index (χ4v) is 4.74. The lowest BCUT2D eigenvalue weighted by atomic mass is 9.61. The Hall–Kier alpha value is -0.860. The molecule has 2 aliphatic rings. The van der Waals surface area contributed by atoms with Gasteiger partial charge in [0.05, 0.1) is 12.2 Å². The zero-order valence-electron chi connectivity index (χ0n) is 17.6. The Balaban J connectivity index is 2.42. The number of fused-ring (bicyclic) bond motifs is 5. The molecule has 2 atom stereocenters. The fraction of sp³-hybridized carbons (Fsp3) is 0.739. The van der Waals surface area contributed by atoms with Gasteiger partial charge in [0.15, 0.2) is 0 Å². The molecule has 0 radical (unpaired) electrons. The van der Waals surface area contributed by atoms with E-state index in [1.165, 1.54) is 22.3 Å². The van der Waals surface area contributed by atoms with Crippen molar-refractivity contribution in [2.75, 3.05) is 6.61 Å². The smallest absolute Gasteiger partial charge is 0.118 e. The van der Waals surface area contributed by atoms with E-state index >= 15 is 0 Å². The van der Waals surface area contributed by atoms with Crippen LogP contribution in [0, 0.1) is 5.41 Å². The first-order valence-electron chi connectivity index (χ1n) is 9.69. The van der Waals surface area contributed by atoms with Gasteiger partial charge in [-0.25, -0.2) is 0 Å². The Kier molecular flexibility index (Phi) is 3.86. The molecular weight excluding hydrogens is 308 g/mol. The summed E-state index contributed by atoms with van der Waals surface area (Å²) in [5, 5.41) is 10.3. The Morgan fingerprint density at radius 2 is 1.52 bits per heavy atom. The van der Waals surface area contributed by atoms with Gasteiger partial charge in [-0.2, -0.15) is 0 Å². The third-order valence-corrected chi connectivity index (χ3v) is 6.42. The summed E-state index contributed by atoms with van der Waals surface area (Å²) in [6.07, 6.45) is 1.90. The topological polar surface area (TPSA) is 29.5 Å². The molecule has 2 aliphatic heterocycles. The predicted octanol–water partition coefficient (Wildman–Crippen LogP) is 5.53. The number of ether oxygens (including phenoxy) is 1. The summed E-state index contributed by atoms with van der Waals surface area (Å²) in [6, 6.07) is 4.73. The summed E-state index contributed by atoms with van der Waals surface area (Å²) in [4.78, 5) is 0. The minimum absolute atomic E-state index is 0.0155. The molecule has 2 heteroatoms. The molecule has 2 heterocycles. The first-order valence-corrected chi connectivity index (χ1v) is 9.69. The van der Waals surface area contributed by atoms with E-state index in [-0.39, 0.29) is 28.5 Å². The van der Waals surface area contributed by atoms with Gasteiger partial charge in [0.25, 0.3) is 0 Å². The van der Waals surface area contributed by atoms with Gasteiger partial charge in [0.2, 0.25) is 0 Å². The van der Waals surface area contributed by atoms with Crippen LogP contribution in [0.2, 0.25) is 0 Å². The second-order valence-electron chi connectivity index (χ2n) is 11.3. The maximum atomic E-state index is 10.3. The lowest BCUT2D eigenvalue weighted by Gasteiger charge is -2.43. The molecule has 0 aliphatic carbocycles. The normalized spacial score (nSPS) is 29.2. The van der Waals surface area contributed by atoms with Crippen LogP contribution in [-0.4, -0.2) is 11.7 Å². The number of aliphatic hydroxyl groups is 1. The second-order valence-corrected chi connectivity index (χ2v) is 11.3. The third kappa shape index (κ3) is 2.51. The number of hydrogen-bond acceptors (Lipinski definition) is 2. The quantitative estimate of drug-likeness (QED) is 0.725. The molecule has 1 fully saturated rings. The summed E-state index contributed by atoms with van der Waals surface area (Å²) >= 11 is 0. The van der Waals surface area contributed by atoms with E-state index in [1.54, 1.807) is 0 Å². The molecule has 140 valence electrons. The molecule has 0 aromatic heterocycles. The highest BCUT2D eigenvalue weighted by Crippen LogP contribution is 2.66. The average Bonchev–Trinajstić information content (AvgIpc) is 2.98. The molecule has 3 rings (SSSR count). The van der Waals surface area contributed by atoms with Gasteiger partial charge in [-0.1, -0.05) is 74.4 Å². The van der Waals surface area contributed by atoms with Crippen LogP contribution < -0.4 is 0 Å². The molecule has 1 N–H and O–H groups in total. The van der Waals surface area contributed by atoms with E-state index in [1.807, 2.05) is 0 Å². The van der Waals surface area contributed by atoms with Crippen molar-refractivity contribution >= 4 is 0 Å². The molecule has 25 heavy (non-hydrogen) atoms. The van der Waals surface area contributed by atoms with Crippen molar-refractivity contribution in [1.82, 2.24) is 0 Å². The van der Waals surface area contributed by atoms with E-state index in [9.17, 15) is 5.11 Å². The van der Waals surface area contributed by atoms with E-state index in [2.05, 4.69) is 74.4 Å². The van der Waals surface area contributed by atoms with Crippen molar-refractivity contribution in [2.45, 2.75) is 97.2 Å². The summed E-state index contributed by atoms with van der Waals surface area (Å²) in [6.45, 7) is 20.6. The van der Waals surface area contributed by atoms with Crippen molar-refractivity contribution in [1.29, 1.82) is 0 Å². The average molecular weight is 345 g/mol. The van der Waals surface area contributed by atoms with Gasteiger partial charge < -0.3 is 9.84 Å². The standard InChI is InChI=1S/C23H36O2/c1-19(2,3)15-12-16(20(4,5)6)18-17(13-15)22(14-24)10-11-23(18,25-22)21(7,8)9/h12-13,24H,10-11,14H2,1-9H3. The highest BCUT2D eigenvalue weighted by Gasteiger charge is 2.64. The summed E-state index contributed by atoms with van der Waals surface area (Å²) in [5.41, 5.74) is 4.60. The minimum atomic E-state index is -0.524. The second kappa shape index (κ2) is 5.10. The van der Waals surface area contributed by atoms with Crippen molar-refractivity contribution in [2.24, 2.45) is 5.41 Å². The predicted molar refractivity (Wildman–Crippen MR) is 104 cm³/mol. The Labute approximate surface area is 154 Å². The van der Waals surface area contributed by atoms with Crippen LogP contribution in [0.15, 0.2) is 12.1 Å². The molecule has 2 bridgehead atoms. The van der Waals surface area contributed by atoms with Gasteiger partial charge in [-0.05, 0) is 51.3 Å². The first-order chi connectivity index (χ1) is 11.2. The van der Waals surface area contributed by atoms with Gasteiger partial charge >= 0.3 is 0 Å². The molecule has 1 aromatic rings. The maximum absolute atomic E-state index is 10.3. The van der Waals surface area contributed by atoms with Gasteiger partial charge in [-0.15, -0.1) is 0 Å². The highest BCUT2D eigenvalue weighted by molar-refractivity contribution is 5.55. The van der Waals surface area contributed by atoms with E-state index in [0.29, 0.717) is 0 Å². The van der Waals surface area contributed by atoms with Gasteiger partial charge in [0, 0.05) is 0 Å². The zero-order chi connectivity index (χ0) is 19.1.